The van der Waals surface area contributed by atoms with Crippen LogP contribution in [0.4, 0.5) is 5.82 Å². The lowest BCUT2D eigenvalue weighted by Crippen LogP contribution is -2.27. The lowest BCUT2D eigenvalue weighted by molar-refractivity contribution is 0.307. The second kappa shape index (κ2) is 9.99. The SMILES string of the molecule is CC(C)NCCOc1ccc(Oc2ccc3ncnc(NC4=NCCC=C4)c3c2)nc1. The summed E-state index contributed by atoms with van der Waals surface area (Å²) < 4.78 is 11.6. The summed E-state index contributed by atoms with van der Waals surface area (Å²) in [5, 5.41) is 7.43. The van der Waals surface area contributed by atoms with Crippen LogP contribution in [0.1, 0.15) is 20.3 Å². The molecule has 0 saturated heterocycles. The van der Waals surface area contributed by atoms with E-state index in [1.807, 2.05) is 30.3 Å². The van der Waals surface area contributed by atoms with E-state index in [-0.39, 0.29) is 0 Å². The van der Waals surface area contributed by atoms with Crippen molar-refractivity contribution in [2.75, 3.05) is 25.0 Å². The largest absolute Gasteiger partial charge is 0.491 e. The highest BCUT2D eigenvalue weighted by Crippen LogP contribution is 2.28. The van der Waals surface area contributed by atoms with Crippen LogP contribution in [-0.4, -0.2) is 46.5 Å². The molecule has 0 atom stereocenters. The third-order valence-corrected chi connectivity index (χ3v) is 4.56. The van der Waals surface area contributed by atoms with Crippen molar-refractivity contribution in [1.82, 2.24) is 20.3 Å². The summed E-state index contributed by atoms with van der Waals surface area (Å²) in [6.45, 7) is 6.35. The molecule has 31 heavy (non-hydrogen) atoms. The maximum atomic E-state index is 5.94. The average molecular weight is 419 g/mol. The highest BCUT2D eigenvalue weighted by atomic mass is 16.5. The number of dihydropyridines is 1. The van der Waals surface area contributed by atoms with Gasteiger partial charge in [0, 0.05) is 30.6 Å². The number of fused-ring (bicyclic) bond motifs is 1. The molecule has 0 spiro atoms. The van der Waals surface area contributed by atoms with Gasteiger partial charge in [0.2, 0.25) is 5.88 Å². The van der Waals surface area contributed by atoms with Crippen molar-refractivity contribution >= 4 is 22.6 Å². The number of anilines is 1. The number of ether oxygens (including phenoxy) is 2. The van der Waals surface area contributed by atoms with Gasteiger partial charge in [0.05, 0.1) is 11.7 Å². The number of aliphatic imine (C=N–C) groups is 1. The Balaban J connectivity index is 1.44. The number of nitrogens with zero attached hydrogens (tertiary/aromatic N) is 4. The van der Waals surface area contributed by atoms with Crippen LogP contribution in [-0.2, 0) is 0 Å². The molecule has 8 nitrogen and oxygen atoms in total. The number of benzene rings is 1. The molecule has 0 amide bonds. The van der Waals surface area contributed by atoms with Crippen LogP contribution in [0.25, 0.3) is 10.9 Å². The Morgan fingerprint density at radius 2 is 1.97 bits per heavy atom. The number of nitrogens with one attached hydrogen (secondary N) is 2. The Bertz CT molecular complexity index is 1080. The van der Waals surface area contributed by atoms with Gasteiger partial charge in [-0.3, -0.25) is 4.99 Å². The van der Waals surface area contributed by atoms with Crippen LogP contribution < -0.4 is 20.1 Å². The fourth-order valence-corrected chi connectivity index (χ4v) is 3.06. The van der Waals surface area contributed by atoms with E-state index in [1.165, 1.54) is 6.33 Å². The van der Waals surface area contributed by atoms with E-state index in [4.69, 9.17) is 9.47 Å². The van der Waals surface area contributed by atoms with Gasteiger partial charge in [-0.1, -0.05) is 19.9 Å². The van der Waals surface area contributed by atoms with Crippen molar-refractivity contribution in [1.29, 1.82) is 0 Å². The molecular weight excluding hydrogens is 392 g/mol. The van der Waals surface area contributed by atoms with Crippen LogP contribution in [0.3, 0.4) is 0 Å². The summed E-state index contributed by atoms with van der Waals surface area (Å²) in [5.74, 6) is 3.32. The summed E-state index contributed by atoms with van der Waals surface area (Å²) in [7, 11) is 0. The lowest BCUT2D eigenvalue weighted by Gasteiger charge is -2.12. The van der Waals surface area contributed by atoms with Crippen molar-refractivity contribution in [3.05, 3.63) is 55.0 Å². The molecule has 2 aromatic heterocycles. The van der Waals surface area contributed by atoms with E-state index in [1.54, 1.807) is 12.3 Å². The number of hydrogen-bond donors (Lipinski definition) is 2. The molecule has 0 fully saturated rings. The second-order valence-corrected chi connectivity index (χ2v) is 7.38. The fraction of sp³-hybridized carbons (Fsp3) is 0.304. The smallest absolute Gasteiger partial charge is 0.219 e. The molecule has 0 saturated carbocycles. The predicted octanol–water partition coefficient (Wildman–Crippen LogP) is 3.96. The molecule has 1 aliphatic heterocycles. The van der Waals surface area contributed by atoms with E-state index >= 15 is 0 Å². The molecule has 4 rings (SSSR count). The number of amidine groups is 1. The van der Waals surface area contributed by atoms with Gasteiger partial charge in [0.25, 0.3) is 0 Å². The first-order valence-corrected chi connectivity index (χ1v) is 10.4. The van der Waals surface area contributed by atoms with Crippen molar-refractivity contribution in [3.63, 3.8) is 0 Å². The third kappa shape index (κ3) is 5.76. The minimum absolute atomic E-state index is 0.438. The average Bonchev–Trinajstić information content (AvgIpc) is 2.79. The summed E-state index contributed by atoms with van der Waals surface area (Å²) in [6, 6.07) is 9.73. The molecule has 0 unspecified atom stereocenters. The van der Waals surface area contributed by atoms with Crippen LogP contribution >= 0.6 is 0 Å². The zero-order chi connectivity index (χ0) is 21.5. The molecule has 3 aromatic rings. The van der Waals surface area contributed by atoms with Gasteiger partial charge in [-0.2, -0.15) is 0 Å². The molecule has 2 N–H and O–H groups in total. The van der Waals surface area contributed by atoms with E-state index in [2.05, 4.69) is 50.5 Å². The van der Waals surface area contributed by atoms with Gasteiger partial charge < -0.3 is 20.1 Å². The van der Waals surface area contributed by atoms with Crippen LogP contribution in [0.2, 0.25) is 0 Å². The number of aromatic nitrogens is 3. The first kappa shape index (κ1) is 20.7. The Labute approximate surface area is 181 Å². The third-order valence-electron chi connectivity index (χ3n) is 4.56. The second-order valence-electron chi connectivity index (χ2n) is 7.38. The Morgan fingerprint density at radius 1 is 1.06 bits per heavy atom. The predicted molar refractivity (Wildman–Crippen MR) is 122 cm³/mol. The normalized spacial score (nSPS) is 13.3. The molecule has 0 bridgehead atoms. The Morgan fingerprint density at radius 3 is 2.74 bits per heavy atom. The molecule has 1 aromatic carbocycles. The van der Waals surface area contributed by atoms with Gasteiger partial charge in [-0.05, 0) is 36.8 Å². The van der Waals surface area contributed by atoms with Gasteiger partial charge in [0.1, 0.15) is 36.1 Å². The summed E-state index contributed by atoms with van der Waals surface area (Å²) in [5.41, 5.74) is 0.817. The molecule has 0 radical (unpaired) electrons. The van der Waals surface area contributed by atoms with Crippen LogP contribution in [0.5, 0.6) is 17.4 Å². The highest BCUT2D eigenvalue weighted by Gasteiger charge is 2.09. The first-order chi connectivity index (χ1) is 15.2. The molecule has 160 valence electrons. The van der Waals surface area contributed by atoms with E-state index in [0.29, 0.717) is 35.8 Å². The van der Waals surface area contributed by atoms with Gasteiger partial charge in [0.15, 0.2) is 0 Å². The molecule has 3 heterocycles. The highest BCUT2D eigenvalue weighted by molar-refractivity contribution is 6.07. The fourth-order valence-electron chi connectivity index (χ4n) is 3.06. The van der Waals surface area contributed by atoms with Crippen LogP contribution in [0.15, 0.2) is 60.0 Å². The molecular formula is C23H26N6O2. The summed E-state index contributed by atoms with van der Waals surface area (Å²) in [6.07, 6.45) is 8.21. The number of pyridine rings is 1. The Kier molecular flexibility index (Phi) is 6.68. The molecule has 8 heteroatoms. The van der Waals surface area contributed by atoms with Crippen molar-refractivity contribution in [2.45, 2.75) is 26.3 Å². The maximum absolute atomic E-state index is 5.94. The molecule has 0 aliphatic carbocycles. The summed E-state index contributed by atoms with van der Waals surface area (Å²) in [4.78, 5) is 17.5. The van der Waals surface area contributed by atoms with E-state index in [9.17, 15) is 0 Å². The van der Waals surface area contributed by atoms with Crippen molar-refractivity contribution < 1.29 is 9.47 Å². The zero-order valence-electron chi connectivity index (χ0n) is 17.7. The minimum atomic E-state index is 0.438. The quantitative estimate of drug-likeness (QED) is 0.535. The monoisotopic (exact) mass is 418 g/mol. The number of rotatable bonds is 8. The first-order valence-electron chi connectivity index (χ1n) is 10.4. The van der Waals surface area contributed by atoms with E-state index in [0.717, 1.165) is 36.2 Å². The van der Waals surface area contributed by atoms with Gasteiger partial charge in [-0.25, -0.2) is 15.0 Å². The minimum Gasteiger partial charge on any atom is -0.491 e. The zero-order valence-corrected chi connectivity index (χ0v) is 17.7. The van der Waals surface area contributed by atoms with E-state index < -0.39 is 0 Å². The van der Waals surface area contributed by atoms with Crippen molar-refractivity contribution in [3.8, 4) is 17.4 Å². The Hall–Kier alpha value is -3.52. The number of hydrogen-bond acceptors (Lipinski definition) is 8. The van der Waals surface area contributed by atoms with Crippen LogP contribution in [0, 0.1) is 0 Å². The standard InChI is InChI=1S/C23H26N6O2/c1-16(2)24-11-12-30-18-7-9-22(26-14-18)31-17-6-8-20-19(13-17)23(28-15-27-20)29-21-5-3-4-10-25-21/h3,5-9,13-16,24H,4,10-12H2,1-2H3,(H,25,27,28,29). The molecule has 1 aliphatic rings. The van der Waals surface area contributed by atoms with Crippen molar-refractivity contribution in [2.24, 2.45) is 4.99 Å². The van der Waals surface area contributed by atoms with Gasteiger partial charge in [-0.15, -0.1) is 0 Å². The van der Waals surface area contributed by atoms with Gasteiger partial charge >= 0.3 is 0 Å². The maximum Gasteiger partial charge on any atom is 0.219 e. The topological polar surface area (TPSA) is 93.5 Å². The summed E-state index contributed by atoms with van der Waals surface area (Å²) >= 11 is 0. The lowest BCUT2D eigenvalue weighted by atomic mass is 10.2.